The number of benzene rings is 1. The standard InChI is InChI=1S/C14H16ClN3O/c1-9-8-19-7-6-12(9)16-14-11-5-3-2-4-10(11)13(15)17-18-14/h2-5,9,12H,6-8H2,1H3,(H,16,18). The molecule has 0 spiro atoms. The molecule has 4 nitrogen and oxygen atoms in total. The first-order valence-electron chi connectivity index (χ1n) is 6.51. The van der Waals surface area contributed by atoms with E-state index in [9.17, 15) is 0 Å². The van der Waals surface area contributed by atoms with Gasteiger partial charge in [-0.2, -0.15) is 0 Å². The van der Waals surface area contributed by atoms with Crippen LogP contribution in [0.25, 0.3) is 10.8 Å². The maximum Gasteiger partial charge on any atom is 0.159 e. The van der Waals surface area contributed by atoms with Crippen LogP contribution in [0, 0.1) is 5.92 Å². The highest BCUT2D eigenvalue weighted by Crippen LogP contribution is 2.27. The van der Waals surface area contributed by atoms with E-state index < -0.39 is 0 Å². The second-order valence-corrected chi connectivity index (χ2v) is 5.33. The summed E-state index contributed by atoms with van der Waals surface area (Å²) in [4.78, 5) is 0. The Labute approximate surface area is 117 Å². The second-order valence-electron chi connectivity index (χ2n) is 4.98. The van der Waals surface area contributed by atoms with Crippen molar-refractivity contribution in [3.8, 4) is 0 Å². The quantitative estimate of drug-likeness (QED) is 0.916. The fraction of sp³-hybridized carbons (Fsp3) is 0.429. The predicted molar refractivity (Wildman–Crippen MR) is 76.6 cm³/mol. The molecule has 0 radical (unpaired) electrons. The molecule has 0 aliphatic carbocycles. The van der Waals surface area contributed by atoms with Crippen molar-refractivity contribution in [2.24, 2.45) is 5.92 Å². The van der Waals surface area contributed by atoms with E-state index in [1.54, 1.807) is 0 Å². The Balaban J connectivity index is 1.94. The maximum absolute atomic E-state index is 6.08. The minimum absolute atomic E-state index is 0.368. The zero-order valence-electron chi connectivity index (χ0n) is 10.8. The Morgan fingerprint density at radius 3 is 2.84 bits per heavy atom. The molecular formula is C14H16ClN3O. The Morgan fingerprint density at radius 1 is 1.26 bits per heavy atom. The number of halogens is 1. The molecule has 0 amide bonds. The topological polar surface area (TPSA) is 47.0 Å². The van der Waals surface area contributed by atoms with Crippen LogP contribution in [0.2, 0.25) is 5.15 Å². The SMILES string of the molecule is CC1COCCC1Nc1nnc(Cl)c2ccccc12. The van der Waals surface area contributed by atoms with Gasteiger partial charge in [0.25, 0.3) is 0 Å². The summed E-state index contributed by atoms with van der Waals surface area (Å²) in [6.45, 7) is 3.76. The van der Waals surface area contributed by atoms with Gasteiger partial charge in [-0.3, -0.25) is 0 Å². The molecule has 1 aliphatic heterocycles. The van der Waals surface area contributed by atoms with Crippen LogP contribution in [0.1, 0.15) is 13.3 Å². The van der Waals surface area contributed by atoms with E-state index in [0.29, 0.717) is 17.1 Å². The molecule has 1 saturated heterocycles. The monoisotopic (exact) mass is 277 g/mol. The number of hydrogen-bond donors (Lipinski definition) is 1. The number of fused-ring (bicyclic) bond motifs is 1. The predicted octanol–water partition coefficient (Wildman–Crippen LogP) is 3.12. The molecule has 2 atom stereocenters. The average molecular weight is 278 g/mol. The van der Waals surface area contributed by atoms with Crippen LogP contribution in [0.5, 0.6) is 0 Å². The van der Waals surface area contributed by atoms with E-state index in [-0.39, 0.29) is 0 Å². The van der Waals surface area contributed by atoms with Crippen LogP contribution < -0.4 is 5.32 Å². The third-order valence-electron chi connectivity index (χ3n) is 3.61. The molecule has 1 aliphatic rings. The Kier molecular flexibility index (Phi) is 3.53. The zero-order valence-corrected chi connectivity index (χ0v) is 11.5. The first-order chi connectivity index (χ1) is 9.25. The van der Waals surface area contributed by atoms with E-state index in [2.05, 4.69) is 22.4 Å². The highest BCUT2D eigenvalue weighted by molar-refractivity contribution is 6.34. The average Bonchev–Trinajstić information content (AvgIpc) is 2.44. The molecular weight excluding hydrogens is 262 g/mol. The zero-order chi connectivity index (χ0) is 13.2. The molecule has 2 heterocycles. The molecule has 0 saturated carbocycles. The van der Waals surface area contributed by atoms with E-state index in [1.807, 2.05) is 24.3 Å². The van der Waals surface area contributed by atoms with Crippen molar-refractivity contribution in [3.05, 3.63) is 29.4 Å². The van der Waals surface area contributed by atoms with Gasteiger partial charge in [0.1, 0.15) is 0 Å². The van der Waals surface area contributed by atoms with Crippen molar-refractivity contribution < 1.29 is 4.74 Å². The van der Waals surface area contributed by atoms with Crippen LogP contribution in [-0.2, 0) is 4.74 Å². The van der Waals surface area contributed by atoms with Crippen LogP contribution >= 0.6 is 11.6 Å². The van der Waals surface area contributed by atoms with Gasteiger partial charge in [0.15, 0.2) is 11.0 Å². The van der Waals surface area contributed by atoms with Crippen molar-refractivity contribution >= 4 is 28.2 Å². The van der Waals surface area contributed by atoms with E-state index >= 15 is 0 Å². The van der Waals surface area contributed by atoms with Gasteiger partial charge in [0.05, 0.1) is 6.61 Å². The molecule has 5 heteroatoms. The highest BCUT2D eigenvalue weighted by atomic mass is 35.5. The molecule has 1 N–H and O–H groups in total. The van der Waals surface area contributed by atoms with Crippen molar-refractivity contribution in [3.63, 3.8) is 0 Å². The summed E-state index contributed by atoms with van der Waals surface area (Å²) in [6, 6.07) is 8.29. The Bertz CT molecular complexity index is 590. The summed E-state index contributed by atoms with van der Waals surface area (Å²) >= 11 is 6.08. The summed E-state index contributed by atoms with van der Waals surface area (Å²) in [5.74, 6) is 1.27. The lowest BCUT2D eigenvalue weighted by atomic mass is 9.97. The first kappa shape index (κ1) is 12.6. The number of aromatic nitrogens is 2. The number of nitrogens with one attached hydrogen (secondary N) is 1. The van der Waals surface area contributed by atoms with Crippen molar-refractivity contribution in [1.29, 1.82) is 0 Å². The number of hydrogen-bond acceptors (Lipinski definition) is 4. The van der Waals surface area contributed by atoms with Crippen molar-refractivity contribution in [2.45, 2.75) is 19.4 Å². The van der Waals surface area contributed by atoms with Crippen molar-refractivity contribution in [1.82, 2.24) is 10.2 Å². The maximum atomic E-state index is 6.08. The van der Waals surface area contributed by atoms with Gasteiger partial charge in [0, 0.05) is 23.4 Å². The molecule has 1 aromatic carbocycles. The summed E-state index contributed by atoms with van der Waals surface area (Å²) in [5, 5.41) is 14.1. The summed E-state index contributed by atoms with van der Waals surface area (Å²) in [5.41, 5.74) is 0. The van der Waals surface area contributed by atoms with Gasteiger partial charge < -0.3 is 10.1 Å². The minimum atomic E-state index is 0.368. The van der Waals surface area contributed by atoms with E-state index in [1.165, 1.54) is 0 Å². The van der Waals surface area contributed by atoms with E-state index in [4.69, 9.17) is 16.3 Å². The van der Waals surface area contributed by atoms with Gasteiger partial charge in [-0.25, -0.2) is 0 Å². The molecule has 1 aromatic heterocycles. The third kappa shape index (κ3) is 2.51. The normalized spacial score (nSPS) is 23.5. The molecule has 1 fully saturated rings. The molecule has 19 heavy (non-hydrogen) atoms. The van der Waals surface area contributed by atoms with Crippen LogP contribution in [0.4, 0.5) is 5.82 Å². The smallest absolute Gasteiger partial charge is 0.159 e. The fourth-order valence-electron chi connectivity index (χ4n) is 2.45. The molecule has 2 aromatic rings. The summed E-state index contributed by atoms with van der Waals surface area (Å²) in [6.07, 6.45) is 0.986. The summed E-state index contributed by atoms with van der Waals surface area (Å²) in [7, 11) is 0. The van der Waals surface area contributed by atoms with Crippen LogP contribution in [-0.4, -0.2) is 29.5 Å². The number of nitrogens with zero attached hydrogens (tertiary/aromatic N) is 2. The lowest BCUT2D eigenvalue weighted by molar-refractivity contribution is 0.0537. The van der Waals surface area contributed by atoms with Crippen LogP contribution in [0.15, 0.2) is 24.3 Å². The number of ether oxygens (including phenoxy) is 1. The lowest BCUT2D eigenvalue weighted by Gasteiger charge is -2.30. The van der Waals surface area contributed by atoms with Gasteiger partial charge in [-0.1, -0.05) is 42.8 Å². The largest absolute Gasteiger partial charge is 0.381 e. The molecule has 0 bridgehead atoms. The fourth-order valence-corrected chi connectivity index (χ4v) is 2.65. The number of rotatable bonds is 2. The van der Waals surface area contributed by atoms with Gasteiger partial charge >= 0.3 is 0 Å². The first-order valence-corrected chi connectivity index (χ1v) is 6.88. The van der Waals surface area contributed by atoms with Gasteiger partial charge in [-0.15, -0.1) is 10.2 Å². The minimum Gasteiger partial charge on any atom is -0.381 e. The Morgan fingerprint density at radius 2 is 2.05 bits per heavy atom. The van der Waals surface area contributed by atoms with Gasteiger partial charge in [0.2, 0.25) is 0 Å². The highest BCUT2D eigenvalue weighted by Gasteiger charge is 2.23. The van der Waals surface area contributed by atoms with E-state index in [0.717, 1.165) is 36.2 Å². The lowest BCUT2D eigenvalue weighted by Crippen LogP contribution is -2.36. The molecule has 2 unspecified atom stereocenters. The van der Waals surface area contributed by atoms with Crippen molar-refractivity contribution in [2.75, 3.05) is 18.5 Å². The third-order valence-corrected chi connectivity index (χ3v) is 3.88. The molecule has 3 rings (SSSR count). The number of anilines is 1. The second kappa shape index (κ2) is 5.31. The molecule has 100 valence electrons. The Hall–Kier alpha value is -1.39. The van der Waals surface area contributed by atoms with Crippen LogP contribution in [0.3, 0.4) is 0 Å². The summed E-state index contributed by atoms with van der Waals surface area (Å²) < 4.78 is 5.46. The van der Waals surface area contributed by atoms with Gasteiger partial charge in [-0.05, 0) is 12.3 Å².